The van der Waals surface area contributed by atoms with Gasteiger partial charge in [-0.25, -0.2) is 17.6 Å². The van der Waals surface area contributed by atoms with Gasteiger partial charge < -0.3 is 14.6 Å². The van der Waals surface area contributed by atoms with Crippen LogP contribution in [0.2, 0.25) is 0 Å². The molecule has 0 spiro atoms. The summed E-state index contributed by atoms with van der Waals surface area (Å²) in [5.41, 5.74) is 0.336. The van der Waals surface area contributed by atoms with Crippen LogP contribution in [-0.2, 0) is 26.6 Å². The zero-order valence-electron chi connectivity index (χ0n) is 15.4. The zero-order chi connectivity index (χ0) is 20.5. The van der Waals surface area contributed by atoms with E-state index in [1.54, 1.807) is 0 Å². The molecular formula is C18H20FN3O5S. The van der Waals surface area contributed by atoms with E-state index in [9.17, 15) is 22.4 Å². The van der Waals surface area contributed by atoms with Crippen molar-refractivity contribution in [3.05, 3.63) is 48.0 Å². The van der Waals surface area contributed by atoms with E-state index in [1.807, 2.05) is 0 Å². The SMILES string of the molecule is COC(=O)c1cc(S(=O)(=O)N2CCC[C@H]2C(=O)Nc2cccc(F)c2)cn1C. The summed E-state index contributed by atoms with van der Waals surface area (Å²) in [6.07, 6.45) is 2.16. The highest BCUT2D eigenvalue weighted by molar-refractivity contribution is 7.89. The number of anilines is 1. The zero-order valence-corrected chi connectivity index (χ0v) is 16.2. The molecule has 150 valence electrons. The van der Waals surface area contributed by atoms with E-state index in [2.05, 4.69) is 10.1 Å². The molecule has 0 radical (unpaired) electrons. The standard InChI is InChI=1S/C18H20FN3O5S/c1-21-11-14(10-16(21)18(24)27-2)28(25,26)22-8-4-7-15(22)17(23)20-13-6-3-5-12(19)9-13/h3,5-6,9-11,15H,4,7-8H2,1-2H3,(H,20,23)/t15-/m0/s1. The minimum absolute atomic E-state index is 0.0843. The van der Waals surface area contributed by atoms with Crippen LogP contribution < -0.4 is 5.32 Å². The monoisotopic (exact) mass is 409 g/mol. The summed E-state index contributed by atoms with van der Waals surface area (Å²) >= 11 is 0. The topological polar surface area (TPSA) is 97.7 Å². The van der Waals surface area contributed by atoms with Crippen molar-refractivity contribution in [3.8, 4) is 0 Å². The van der Waals surface area contributed by atoms with Crippen LogP contribution in [0.25, 0.3) is 0 Å². The number of aromatic nitrogens is 1. The number of hydrogen-bond donors (Lipinski definition) is 1. The van der Waals surface area contributed by atoms with Gasteiger partial charge in [0.2, 0.25) is 15.9 Å². The summed E-state index contributed by atoms with van der Waals surface area (Å²) in [5, 5.41) is 2.56. The summed E-state index contributed by atoms with van der Waals surface area (Å²) in [5.74, 6) is -1.70. The predicted octanol–water partition coefficient (Wildman–Crippen LogP) is 1.74. The number of amides is 1. The van der Waals surface area contributed by atoms with Crippen molar-refractivity contribution in [1.29, 1.82) is 0 Å². The molecule has 1 N–H and O–H groups in total. The second-order valence-corrected chi connectivity index (χ2v) is 8.33. The van der Waals surface area contributed by atoms with E-state index >= 15 is 0 Å². The molecule has 1 fully saturated rings. The lowest BCUT2D eigenvalue weighted by Gasteiger charge is -2.22. The molecule has 2 heterocycles. The quantitative estimate of drug-likeness (QED) is 0.759. The summed E-state index contributed by atoms with van der Waals surface area (Å²) in [6.45, 7) is 0.173. The molecule has 3 rings (SSSR count). The van der Waals surface area contributed by atoms with Crippen molar-refractivity contribution < 1.29 is 27.1 Å². The van der Waals surface area contributed by atoms with Gasteiger partial charge in [0.05, 0.1) is 7.11 Å². The first-order valence-electron chi connectivity index (χ1n) is 8.57. The lowest BCUT2D eigenvalue weighted by Crippen LogP contribution is -2.43. The Labute approximate surface area is 161 Å². The van der Waals surface area contributed by atoms with Crippen LogP contribution in [0.4, 0.5) is 10.1 Å². The van der Waals surface area contributed by atoms with Gasteiger partial charge in [0.15, 0.2) is 0 Å². The van der Waals surface area contributed by atoms with E-state index in [1.165, 1.54) is 49.2 Å². The molecular weight excluding hydrogens is 389 g/mol. The first-order chi connectivity index (χ1) is 13.2. The smallest absolute Gasteiger partial charge is 0.354 e. The van der Waals surface area contributed by atoms with Gasteiger partial charge in [0.25, 0.3) is 0 Å². The van der Waals surface area contributed by atoms with Crippen LogP contribution in [0, 0.1) is 5.82 Å². The first kappa shape index (κ1) is 20.0. The minimum Gasteiger partial charge on any atom is -0.464 e. The Morgan fingerprint density at radius 1 is 1.29 bits per heavy atom. The average molecular weight is 409 g/mol. The summed E-state index contributed by atoms with van der Waals surface area (Å²) < 4.78 is 46.5. The van der Waals surface area contributed by atoms with Gasteiger partial charge in [-0.3, -0.25) is 4.79 Å². The molecule has 1 aliphatic rings. The van der Waals surface area contributed by atoms with E-state index in [0.29, 0.717) is 12.8 Å². The fourth-order valence-electron chi connectivity index (χ4n) is 3.20. The molecule has 1 atom stereocenters. The number of carbonyl (C=O) groups excluding carboxylic acids is 2. The number of rotatable bonds is 5. The molecule has 1 aromatic heterocycles. The summed E-state index contributed by atoms with van der Waals surface area (Å²) in [6, 6.07) is 5.68. The van der Waals surface area contributed by atoms with Crippen LogP contribution >= 0.6 is 0 Å². The number of sulfonamides is 1. The highest BCUT2D eigenvalue weighted by Gasteiger charge is 2.40. The molecule has 1 saturated heterocycles. The molecule has 0 aliphatic carbocycles. The Kier molecular flexibility index (Phi) is 5.52. The lowest BCUT2D eigenvalue weighted by molar-refractivity contribution is -0.119. The fourth-order valence-corrected chi connectivity index (χ4v) is 4.93. The lowest BCUT2D eigenvalue weighted by atomic mass is 10.2. The number of hydrogen-bond acceptors (Lipinski definition) is 5. The Morgan fingerprint density at radius 2 is 2.04 bits per heavy atom. The maximum absolute atomic E-state index is 13.3. The molecule has 1 aliphatic heterocycles. The normalized spacial score (nSPS) is 17.5. The van der Waals surface area contributed by atoms with Crippen LogP contribution in [0.1, 0.15) is 23.3 Å². The van der Waals surface area contributed by atoms with Crippen molar-refractivity contribution in [2.24, 2.45) is 7.05 Å². The van der Waals surface area contributed by atoms with Crippen LogP contribution in [0.3, 0.4) is 0 Å². The third kappa shape index (κ3) is 3.78. The maximum atomic E-state index is 13.3. The Balaban J connectivity index is 1.85. The molecule has 0 bridgehead atoms. The Morgan fingerprint density at radius 3 is 2.71 bits per heavy atom. The van der Waals surface area contributed by atoms with Gasteiger partial charge in [0, 0.05) is 25.5 Å². The number of esters is 1. The van der Waals surface area contributed by atoms with Gasteiger partial charge in [-0.05, 0) is 37.1 Å². The fraction of sp³-hybridized carbons (Fsp3) is 0.333. The first-order valence-corrected chi connectivity index (χ1v) is 10.0. The predicted molar refractivity (Wildman–Crippen MR) is 98.7 cm³/mol. The summed E-state index contributed by atoms with van der Waals surface area (Å²) in [4.78, 5) is 24.3. The Bertz CT molecular complexity index is 1020. The summed E-state index contributed by atoms with van der Waals surface area (Å²) in [7, 11) is -1.27. The van der Waals surface area contributed by atoms with E-state index < -0.39 is 33.8 Å². The third-order valence-electron chi connectivity index (χ3n) is 4.58. The van der Waals surface area contributed by atoms with Gasteiger partial charge in [-0.15, -0.1) is 0 Å². The molecule has 28 heavy (non-hydrogen) atoms. The maximum Gasteiger partial charge on any atom is 0.354 e. The number of benzene rings is 1. The van der Waals surface area contributed by atoms with E-state index in [-0.39, 0.29) is 22.8 Å². The molecule has 1 aromatic carbocycles. The number of ether oxygens (including phenoxy) is 1. The second kappa shape index (κ2) is 7.72. The van der Waals surface area contributed by atoms with Crippen molar-refractivity contribution >= 4 is 27.6 Å². The van der Waals surface area contributed by atoms with Gasteiger partial charge in [-0.2, -0.15) is 4.31 Å². The third-order valence-corrected chi connectivity index (χ3v) is 6.45. The molecule has 0 saturated carbocycles. The average Bonchev–Trinajstić information content (AvgIpc) is 3.28. The van der Waals surface area contributed by atoms with Crippen LogP contribution in [-0.4, -0.2) is 48.9 Å². The van der Waals surface area contributed by atoms with Gasteiger partial charge in [0.1, 0.15) is 22.4 Å². The largest absolute Gasteiger partial charge is 0.464 e. The van der Waals surface area contributed by atoms with Crippen LogP contribution in [0.15, 0.2) is 41.4 Å². The number of nitrogens with one attached hydrogen (secondary N) is 1. The second-order valence-electron chi connectivity index (χ2n) is 6.44. The molecule has 10 heteroatoms. The minimum atomic E-state index is -4.01. The molecule has 1 amide bonds. The molecule has 8 nitrogen and oxygen atoms in total. The highest BCUT2D eigenvalue weighted by atomic mass is 32.2. The number of halogens is 1. The van der Waals surface area contributed by atoms with Crippen molar-refractivity contribution in [2.45, 2.75) is 23.8 Å². The highest BCUT2D eigenvalue weighted by Crippen LogP contribution is 2.28. The molecule has 2 aromatic rings. The van der Waals surface area contributed by atoms with E-state index in [0.717, 1.165) is 10.4 Å². The van der Waals surface area contributed by atoms with Gasteiger partial charge in [-0.1, -0.05) is 6.07 Å². The number of nitrogens with zero attached hydrogens (tertiary/aromatic N) is 2. The van der Waals surface area contributed by atoms with Crippen molar-refractivity contribution in [1.82, 2.24) is 8.87 Å². The van der Waals surface area contributed by atoms with E-state index in [4.69, 9.17) is 0 Å². The van der Waals surface area contributed by atoms with Crippen molar-refractivity contribution in [2.75, 3.05) is 19.0 Å². The van der Waals surface area contributed by atoms with Crippen molar-refractivity contribution in [3.63, 3.8) is 0 Å². The number of methoxy groups -OCH3 is 1. The van der Waals surface area contributed by atoms with Gasteiger partial charge >= 0.3 is 5.97 Å². The molecule has 0 unspecified atom stereocenters. The Hall–Kier alpha value is -2.72. The number of aryl methyl sites for hydroxylation is 1. The number of carbonyl (C=O) groups is 2. The van der Waals surface area contributed by atoms with Crippen LogP contribution in [0.5, 0.6) is 0 Å².